The first-order chi connectivity index (χ1) is 8.08. The van der Waals surface area contributed by atoms with Crippen LogP contribution in [-0.4, -0.2) is 25.9 Å². The summed E-state index contributed by atoms with van der Waals surface area (Å²) >= 11 is 0. The molecule has 0 amide bonds. The highest BCUT2D eigenvalue weighted by Gasteiger charge is 2.16. The molecule has 1 rings (SSSR count). The maximum atomic E-state index is 12.0. The molecule has 0 unspecified atom stereocenters. The molecule has 1 aromatic rings. The Labute approximate surface area is 102 Å². The molecule has 0 saturated heterocycles. The number of aliphatic hydroxyl groups is 1. The number of rotatable bonds is 7. The Kier molecular flexibility index (Phi) is 5.44. The van der Waals surface area contributed by atoms with Gasteiger partial charge in [-0.15, -0.1) is 0 Å². The lowest BCUT2D eigenvalue weighted by Gasteiger charge is -2.06. The average molecular weight is 257 g/mol. The van der Waals surface area contributed by atoms with Gasteiger partial charge >= 0.3 is 0 Å². The van der Waals surface area contributed by atoms with Gasteiger partial charge in [-0.3, -0.25) is 0 Å². The number of aliphatic hydroxyl groups excluding tert-OH is 1. The maximum absolute atomic E-state index is 12.0. The summed E-state index contributed by atoms with van der Waals surface area (Å²) in [7, 11) is -3.27. The summed E-state index contributed by atoms with van der Waals surface area (Å²) in [5, 5.41) is 8.61. The van der Waals surface area contributed by atoms with Gasteiger partial charge in [-0.2, -0.15) is 0 Å². The molecule has 1 aromatic carbocycles. The van der Waals surface area contributed by atoms with E-state index in [4.69, 9.17) is 10.8 Å². The molecule has 0 aromatic heterocycles. The molecule has 96 valence electrons. The van der Waals surface area contributed by atoms with Gasteiger partial charge in [0.2, 0.25) is 0 Å². The zero-order chi connectivity index (χ0) is 12.7. The van der Waals surface area contributed by atoms with Crippen molar-refractivity contribution in [2.45, 2.75) is 30.6 Å². The third kappa shape index (κ3) is 4.36. The summed E-state index contributed by atoms with van der Waals surface area (Å²) in [6.07, 6.45) is 3.01. The van der Waals surface area contributed by atoms with Gasteiger partial charge in [0.1, 0.15) is 0 Å². The Morgan fingerprint density at radius 2 is 1.71 bits per heavy atom. The second kappa shape index (κ2) is 6.61. The van der Waals surface area contributed by atoms with Crippen molar-refractivity contribution in [3.8, 4) is 0 Å². The second-order valence-corrected chi connectivity index (χ2v) is 6.07. The van der Waals surface area contributed by atoms with E-state index in [-0.39, 0.29) is 17.3 Å². The lowest BCUT2D eigenvalue weighted by Crippen LogP contribution is -2.09. The van der Waals surface area contributed by atoms with Crippen molar-refractivity contribution in [1.82, 2.24) is 0 Å². The maximum Gasteiger partial charge on any atom is 0.180 e. The monoisotopic (exact) mass is 257 g/mol. The standard InChI is InChI=1S/C12H19NO3S/c13-11-7-3-4-8-12(11)17(15,16)10-6-2-1-5-9-14/h3-4,7-8,14H,1-2,5-6,9-10,13H2. The van der Waals surface area contributed by atoms with E-state index in [0.29, 0.717) is 12.1 Å². The Morgan fingerprint density at radius 1 is 1.06 bits per heavy atom. The number of unbranched alkanes of at least 4 members (excludes halogenated alkanes) is 3. The van der Waals surface area contributed by atoms with E-state index in [1.165, 1.54) is 0 Å². The van der Waals surface area contributed by atoms with Crippen LogP contribution in [0.15, 0.2) is 29.2 Å². The summed E-state index contributed by atoms with van der Waals surface area (Å²) in [6, 6.07) is 6.53. The minimum atomic E-state index is -3.27. The lowest BCUT2D eigenvalue weighted by atomic mass is 10.2. The summed E-state index contributed by atoms with van der Waals surface area (Å²) in [6.45, 7) is 0.165. The Morgan fingerprint density at radius 3 is 2.35 bits per heavy atom. The molecule has 17 heavy (non-hydrogen) atoms. The minimum Gasteiger partial charge on any atom is -0.398 e. The summed E-state index contributed by atoms with van der Waals surface area (Å²) in [5.41, 5.74) is 5.95. The first-order valence-electron chi connectivity index (χ1n) is 5.76. The molecule has 0 bridgehead atoms. The summed E-state index contributed by atoms with van der Waals surface area (Å²) in [4.78, 5) is 0.224. The molecule has 0 fully saturated rings. The lowest BCUT2D eigenvalue weighted by molar-refractivity contribution is 0.283. The molecule has 5 heteroatoms. The van der Waals surface area contributed by atoms with Crippen molar-refractivity contribution in [3.63, 3.8) is 0 Å². The fourth-order valence-electron chi connectivity index (χ4n) is 1.63. The fraction of sp³-hybridized carbons (Fsp3) is 0.500. The van der Waals surface area contributed by atoms with Gasteiger partial charge in [-0.05, 0) is 25.0 Å². The number of para-hydroxylation sites is 1. The average Bonchev–Trinajstić information content (AvgIpc) is 2.29. The van der Waals surface area contributed by atoms with Crippen molar-refractivity contribution in [2.24, 2.45) is 0 Å². The molecule has 4 nitrogen and oxygen atoms in total. The number of nitrogens with two attached hydrogens (primary N) is 1. The molecule has 0 aliphatic heterocycles. The third-order valence-electron chi connectivity index (χ3n) is 2.58. The number of hydrogen-bond acceptors (Lipinski definition) is 4. The van der Waals surface area contributed by atoms with Gasteiger partial charge in [0.15, 0.2) is 9.84 Å². The van der Waals surface area contributed by atoms with Gasteiger partial charge in [-0.1, -0.05) is 25.0 Å². The van der Waals surface area contributed by atoms with Crippen molar-refractivity contribution in [3.05, 3.63) is 24.3 Å². The van der Waals surface area contributed by atoms with Crippen molar-refractivity contribution >= 4 is 15.5 Å². The smallest absolute Gasteiger partial charge is 0.180 e. The van der Waals surface area contributed by atoms with Crippen molar-refractivity contribution in [2.75, 3.05) is 18.1 Å². The van der Waals surface area contributed by atoms with Crippen LogP contribution in [0.3, 0.4) is 0 Å². The molecule has 0 radical (unpaired) electrons. The van der Waals surface area contributed by atoms with Gasteiger partial charge < -0.3 is 10.8 Å². The zero-order valence-electron chi connectivity index (χ0n) is 9.80. The molecule has 0 heterocycles. The van der Waals surface area contributed by atoms with Gasteiger partial charge in [0, 0.05) is 6.61 Å². The van der Waals surface area contributed by atoms with E-state index in [1.807, 2.05) is 0 Å². The summed E-state index contributed by atoms with van der Waals surface area (Å²) < 4.78 is 23.9. The predicted molar refractivity (Wildman–Crippen MR) is 68.5 cm³/mol. The predicted octanol–water partition coefficient (Wildman–Crippen LogP) is 1.60. The van der Waals surface area contributed by atoms with Gasteiger partial charge in [-0.25, -0.2) is 8.42 Å². The molecule has 3 N–H and O–H groups in total. The Bertz CT molecular complexity index is 443. The zero-order valence-corrected chi connectivity index (χ0v) is 10.6. The molecular formula is C12H19NO3S. The SMILES string of the molecule is Nc1ccccc1S(=O)(=O)CCCCCCO. The normalized spacial score (nSPS) is 11.6. The van der Waals surface area contributed by atoms with Gasteiger partial charge in [0.05, 0.1) is 16.3 Å². The van der Waals surface area contributed by atoms with Crippen LogP contribution < -0.4 is 5.73 Å². The highest BCUT2D eigenvalue weighted by molar-refractivity contribution is 7.91. The van der Waals surface area contributed by atoms with Crippen LogP contribution in [0, 0.1) is 0 Å². The molecule has 0 spiro atoms. The minimum absolute atomic E-state index is 0.118. The molecular weight excluding hydrogens is 238 g/mol. The van der Waals surface area contributed by atoms with Crippen molar-refractivity contribution in [1.29, 1.82) is 0 Å². The largest absolute Gasteiger partial charge is 0.398 e. The van der Waals surface area contributed by atoms with E-state index in [1.54, 1.807) is 24.3 Å². The van der Waals surface area contributed by atoms with Crippen LogP contribution in [0.4, 0.5) is 5.69 Å². The van der Waals surface area contributed by atoms with Crippen LogP contribution in [-0.2, 0) is 9.84 Å². The van der Waals surface area contributed by atoms with E-state index >= 15 is 0 Å². The Hall–Kier alpha value is -1.07. The first kappa shape index (κ1) is 14.0. The third-order valence-corrected chi connectivity index (χ3v) is 4.44. The van der Waals surface area contributed by atoms with E-state index in [2.05, 4.69) is 0 Å². The highest BCUT2D eigenvalue weighted by Crippen LogP contribution is 2.19. The van der Waals surface area contributed by atoms with E-state index in [0.717, 1.165) is 19.3 Å². The van der Waals surface area contributed by atoms with Gasteiger partial charge in [0.25, 0.3) is 0 Å². The van der Waals surface area contributed by atoms with Crippen LogP contribution in [0.5, 0.6) is 0 Å². The van der Waals surface area contributed by atoms with Crippen LogP contribution in [0.2, 0.25) is 0 Å². The number of anilines is 1. The molecule has 0 atom stereocenters. The second-order valence-electron chi connectivity index (χ2n) is 3.99. The van der Waals surface area contributed by atoms with Crippen LogP contribution in [0.1, 0.15) is 25.7 Å². The van der Waals surface area contributed by atoms with Crippen molar-refractivity contribution < 1.29 is 13.5 Å². The Balaban J connectivity index is 2.55. The number of benzene rings is 1. The van der Waals surface area contributed by atoms with E-state index < -0.39 is 9.84 Å². The topological polar surface area (TPSA) is 80.4 Å². The van der Waals surface area contributed by atoms with Crippen LogP contribution >= 0.6 is 0 Å². The number of hydrogen-bond donors (Lipinski definition) is 2. The summed E-state index contributed by atoms with van der Waals surface area (Å²) in [5.74, 6) is 0.118. The molecule has 0 aliphatic rings. The quantitative estimate of drug-likeness (QED) is 0.574. The molecule has 0 aliphatic carbocycles. The first-order valence-corrected chi connectivity index (χ1v) is 7.41. The number of nitrogen functional groups attached to an aromatic ring is 1. The number of sulfone groups is 1. The highest BCUT2D eigenvalue weighted by atomic mass is 32.2. The molecule has 0 saturated carbocycles. The fourth-order valence-corrected chi connectivity index (χ4v) is 3.15. The van der Waals surface area contributed by atoms with E-state index in [9.17, 15) is 8.42 Å². The van der Waals surface area contributed by atoms with Crippen LogP contribution in [0.25, 0.3) is 0 Å².